The van der Waals surface area contributed by atoms with Gasteiger partial charge in [0.05, 0.1) is 12.2 Å². The Balaban J connectivity index is 2.15. The first-order valence-electron chi connectivity index (χ1n) is 6.98. The molecule has 0 bridgehead atoms. The predicted molar refractivity (Wildman–Crippen MR) is 73.3 cm³/mol. The molecule has 0 unspecified atom stereocenters. The van der Waals surface area contributed by atoms with Gasteiger partial charge in [0.2, 0.25) is 0 Å². The van der Waals surface area contributed by atoms with Crippen LogP contribution in [0.15, 0.2) is 18.2 Å². The lowest BCUT2D eigenvalue weighted by molar-refractivity contribution is 0.0646. The van der Waals surface area contributed by atoms with E-state index in [1.54, 1.807) is 17.9 Å². The monoisotopic (exact) mass is 281 g/mol. The Morgan fingerprint density at radius 2 is 2.15 bits per heavy atom. The zero-order chi connectivity index (χ0) is 14.5. The van der Waals surface area contributed by atoms with Crippen molar-refractivity contribution in [2.24, 2.45) is 5.92 Å². The molecule has 1 aromatic rings. The molecule has 1 N–H and O–H groups in total. The van der Waals surface area contributed by atoms with Crippen molar-refractivity contribution in [3.05, 3.63) is 29.6 Å². The van der Waals surface area contributed by atoms with Crippen LogP contribution < -0.4 is 4.74 Å². The van der Waals surface area contributed by atoms with Gasteiger partial charge in [-0.25, -0.2) is 4.39 Å². The summed E-state index contributed by atoms with van der Waals surface area (Å²) in [6.07, 6.45) is 1.56. The third-order valence-corrected chi connectivity index (χ3v) is 3.65. The highest BCUT2D eigenvalue weighted by atomic mass is 19.1. The number of halogens is 1. The van der Waals surface area contributed by atoms with Crippen LogP contribution in [-0.4, -0.2) is 42.2 Å². The van der Waals surface area contributed by atoms with Gasteiger partial charge in [-0.1, -0.05) is 6.07 Å². The van der Waals surface area contributed by atoms with E-state index in [0.29, 0.717) is 19.7 Å². The van der Waals surface area contributed by atoms with Crippen molar-refractivity contribution in [2.45, 2.75) is 19.8 Å². The van der Waals surface area contributed by atoms with Crippen LogP contribution in [0, 0.1) is 11.7 Å². The molecule has 1 aliphatic heterocycles. The number of carbonyl (C=O) groups is 1. The first-order chi connectivity index (χ1) is 9.67. The van der Waals surface area contributed by atoms with Gasteiger partial charge >= 0.3 is 0 Å². The van der Waals surface area contributed by atoms with Crippen molar-refractivity contribution >= 4 is 5.91 Å². The topological polar surface area (TPSA) is 49.8 Å². The third kappa shape index (κ3) is 3.10. The van der Waals surface area contributed by atoms with Gasteiger partial charge in [0.15, 0.2) is 11.6 Å². The SMILES string of the molecule is CCOc1c(F)cccc1C(=O)N1CCC(CO)CC1. The normalized spacial score (nSPS) is 16.2. The van der Waals surface area contributed by atoms with Crippen LogP contribution in [-0.2, 0) is 0 Å². The highest BCUT2D eigenvalue weighted by Crippen LogP contribution is 2.26. The highest BCUT2D eigenvalue weighted by molar-refractivity contribution is 5.97. The Morgan fingerprint density at radius 1 is 1.45 bits per heavy atom. The molecule has 0 aromatic heterocycles. The van der Waals surface area contributed by atoms with Crippen LogP contribution in [0.5, 0.6) is 5.75 Å². The van der Waals surface area contributed by atoms with E-state index >= 15 is 0 Å². The maximum atomic E-state index is 13.8. The molecule has 4 nitrogen and oxygen atoms in total. The van der Waals surface area contributed by atoms with Crippen LogP contribution in [0.25, 0.3) is 0 Å². The number of nitrogens with zero attached hydrogens (tertiary/aromatic N) is 1. The first kappa shape index (κ1) is 14.8. The quantitative estimate of drug-likeness (QED) is 0.919. The number of benzene rings is 1. The minimum atomic E-state index is -0.511. The van der Waals surface area contributed by atoms with Gasteiger partial charge in [-0.15, -0.1) is 0 Å². The van der Waals surface area contributed by atoms with Crippen LogP contribution in [0.1, 0.15) is 30.1 Å². The lowest BCUT2D eigenvalue weighted by Gasteiger charge is -2.31. The van der Waals surface area contributed by atoms with Gasteiger partial charge in [0.1, 0.15) is 0 Å². The summed E-state index contributed by atoms with van der Waals surface area (Å²) in [6.45, 7) is 3.41. The molecule has 20 heavy (non-hydrogen) atoms. The summed E-state index contributed by atoms with van der Waals surface area (Å²) in [5.41, 5.74) is 0.272. The summed E-state index contributed by atoms with van der Waals surface area (Å²) in [5.74, 6) is -0.422. The zero-order valence-corrected chi connectivity index (χ0v) is 11.6. The van der Waals surface area contributed by atoms with Crippen molar-refractivity contribution in [1.29, 1.82) is 0 Å². The van der Waals surface area contributed by atoms with E-state index in [0.717, 1.165) is 12.8 Å². The number of likely N-dealkylation sites (tertiary alicyclic amines) is 1. The number of rotatable bonds is 4. The Labute approximate surface area is 118 Å². The fourth-order valence-electron chi connectivity index (χ4n) is 2.46. The molecule has 0 aliphatic carbocycles. The molecule has 1 heterocycles. The number of hydrogen-bond donors (Lipinski definition) is 1. The molecular weight excluding hydrogens is 261 g/mol. The molecular formula is C15H20FNO3. The number of carbonyl (C=O) groups excluding carboxylic acids is 1. The fourth-order valence-corrected chi connectivity index (χ4v) is 2.46. The maximum Gasteiger partial charge on any atom is 0.257 e. The standard InChI is InChI=1S/C15H20FNO3/c1-2-20-14-12(4-3-5-13(14)16)15(19)17-8-6-11(10-18)7-9-17/h3-5,11,18H,2,6-10H2,1H3. The molecule has 1 saturated heterocycles. The molecule has 1 fully saturated rings. The Morgan fingerprint density at radius 3 is 2.75 bits per heavy atom. The van der Waals surface area contributed by atoms with E-state index in [1.165, 1.54) is 12.1 Å². The van der Waals surface area contributed by atoms with Gasteiger partial charge in [-0.05, 0) is 37.8 Å². The van der Waals surface area contributed by atoms with Gasteiger partial charge < -0.3 is 14.7 Å². The second kappa shape index (κ2) is 6.70. The fraction of sp³-hybridized carbons (Fsp3) is 0.533. The molecule has 1 aromatic carbocycles. The molecule has 0 atom stereocenters. The Bertz CT molecular complexity index is 470. The second-order valence-electron chi connectivity index (χ2n) is 4.97. The summed E-state index contributed by atoms with van der Waals surface area (Å²) >= 11 is 0. The summed E-state index contributed by atoms with van der Waals surface area (Å²) in [4.78, 5) is 14.2. The van der Waals surface area contributed by atoms with Gasteiger partial charge in [0.25, 0.3) is 5.91 Å². The molecule has 2 rings (SSSR count). The van der Waals surface area contributed by atoms with Gasteiger partial charge in [-0.3, -0.25) is 4.79 Å². The third-order valence-electron chi connectivity index (χ3n) is 3.65. The molecule has 110 valence electrons. The molecule has 0 spiro atoms. The first-order valence-corrected chi connectivity index (χ1v) is 6.98. The average Bonchev–Trinajstić information content (AvgIpc) is 2.49. The molecule has 1 aliphatic rings. The van der Waals surface area contributed by atoms with E-state index in [-0.39, 0.29) is 29.7 Å². The van der Waals surface area contributed by atoms with Crippen LogP contribution >= 0.6 is 0 Å². The molecule has 0 saturated carbocycles. The summed E-state index contributed by atoms with van der Waals surface area (Å²) in [7, 11) is 0. The van der Waals surface area contributed by atoms with E-state index in [2.05, 4.69) is 0 Å². The minimum Gasteiger partial charge on any atom is -0.490 e. The Kier molecular flexibility index (Phi) is 4.95. The van der Waals surface area contributed by atoms with Gasteiger partial charge in [0, 0.05) is 19.7 Å². The summed E-state index contributed by atoms with van der Waals surface area (Å²) < 4.78 is 19.0. The van der Waals surface area contributed by atoms with Gasteiger partial charge in [-0.2, -0.15) is 0 Å². The number of aliphatic hydroxyl groups excluding tert-OH is 1. The van der Waals surface area contributed by atoms with Crippen molar-refractivity contribution < 1.29 is 19.0 Å². The smallest absolute Gasteiger partial charge is 0.257 e. The minimum absolute atomic E-state index is 0.0317. The number of ether oxygens (including phenoxy) is 1. The van der Waals surface area contributed by atoms with Crippen molar-refractivity contribution in [2.75, 3.05) is 26.3 Å². The number of aliphatic hydroxyl groups is 1. The summed E-state index contributed by atoms with van der Waals surface area (Å²) in [6, 6.07) is 4.40. The van der Waals surface area contributed by atoms with E-state index in [1.807, 2.05) is 0 Å². The second-order valence-corrected chi connectivity index (χ2v) is 4.97. The van der Waals surface area contributed by atoms with Crippen molar-refractivity contribution in [1.82, 2.24) is 4.90 Å². The average molecular weight is 281 g/mol. The van der Waals surface area contributed by atoms with Crippen LogP contribution in [0.3, 0.4) is 0 Å². The lowest BCUT2D eigenvalue weighted by atomic mass is 9.97. The number of piperidine rings is 1. The molecule has 0 radical (unpaired) electrons. The summed E-state index contributed by atoms with van der Waals surface area (Å²) in [5, 5.41) is 9.11. The Hall–Kier alpha value is -1.62. The van der Waals surface area contributed by atoms with E-state index in [4.69, 9.17) is 9.84 Å². The van der Waals surface area contributed by atoms with Crippen molar-refractivity contribution in [3.8, 4) is 5.75 Å². The van der Waals surface area contributed by atoms with Crippen LogP contribution in [0.2, 0.25) is 0 Å². The van der Waals surface area contributed by atoms with E-state index < -0.39 is 5.82 Å². The van der Waals surface area contributed by atoms with Crippen molar-refractivity contribution in [3.63, 3.8) is 0 Å². The molecule has 1 amide bonds. The number of amides is 1. The number of para-hydroxylation sites is 1. The van der Waals surface area contributed by atoms with Crippen LogP contribution in [0.4, 0.5) is 4.39 Å². The number of hydrogen-bond acceptors (Lipinski definition) is 3. The maximum absolute atomic E-state index is 13.8. The predicted octanol–water partition coefficient (Wildman–Crippen LogP) is 2.07. The molecule has 5 heteroatoms. The lowest BCUT2D eigenvalue weighted by Crippen LogP contribution is -2.39. The zero-order valence-electron chi connectivity index (χ0n) is 11.6. The van der Waals surface area contributed by atoms with E-state index in [9.17, 15) is 9.18 Å². The largest absolute Gasteiger partial charge is 0.490 e. The highest BCUT2D eigenvalue weighted by Gasteiger charge is 2.26.